The molecule has 2 aliphatic heterocycles. The number of rotatable bonds is 3. The smallest absolute Gasteiger partial charge is 0.232 e. The molecule has 0 bridgehead atoms. The van der Waals surface area contributed by atoms with Crippen molar-refractivity contribution in [2.24, 2.45) is 5.41 Å². The predicted octanol–water partition coefficient (Wildman–Crippen LogP) is 2.20. The zero-order chi connectivity index (χ0) is 13.8. The third-order valence-electron chi connectivity index (χ3n) is 4.21. The highest BCUT2D eigenvalue weighted by Gasteiger charge is 2.40. The second kappa shape index (κ2) is 6.14. The standard InChI is InChI=1S/C15H20N2O2S/c18-14(10-20-13-2-6-16-7-3-13)17-8-1-4-15(11-17)5-9-19-12-15/h2-3,6-7H,1,4-5,8-12H2/t15-/m0/s1. The number of carbonyl (C=O) groups is 1. The second-order valence-electron chi connectivity index (χ2n) is 5.69. The van der Waals surface area contributed by atoms with E-state index in [9.17, 15) is 4.79 Å². The van der Waals surface area contributed by atoms with E-state index in [0.29, 0.717) is 5.75 Å². The van der Waals surface area contributed by atoms with Crippen LogP contribution in [-0.2, 0) is 9.53 Å². The number of aromatic nitrogens is 1. The molecule has 1 aromatic rings. The van der Waals surface area contributed by atoms with Gasteiger partial charge in [-0.05, 0) is 31.4 Å². The van der Waals surface area contributed by atoms with Gasteiger partial charge >= 0.3 is 0 Å². The third-order valence-corrected chi connectivity index (χ3v) is 5.21. The molecule has 1 amide bonds. The minimum absolute atomic E-state index is 0.245. The molecule has 0 aromatic carbocycles. The van der Waals surface area contributed by atoms with E-state index < -0.39 is 0 Å². The van der Waals surface area contributed by atoms with Crippen LogP contribution in [-0.4, -0.2) is 47.8 Å². The molecule has 0 radical (unpaired) electrons. The Balaban J connectivity index is 1.54. The van der Waals surface area contributed by atoms with Crippen molar-refractivity contribution in [3.8, 4) is 0 Å². The molecule has 4 nitrogen and oxygen atoms in total. The summed E-state index contributed by atoms with van der Waals surface area (Å²) in [5.41, 5.74) is 0.245. The van der Waals surface area contributed by atoms with Crippen LogP contribution in [0.3, 0.4) is 0 Å². The lowest BCUT2D eigenvalue weighted by molar-refractivity contribution is -0.131. The van der Waals surface area contributed by atoms with Gasteiger partial charge in [0.15, 0.2) is 0 Å². The number of amides is 1. The van der Waals surface area contributed by atoms with Crippen LogP contribution >= 0.6 is 11.8 Å². The molecule has 5 heteroatoms. The number of hydrogen-bond donors (Lipinski definition) is 0. The summed E-state index contributed by atoms with van der Waals surface area (Å²) >= 11 is 1.59. The summed E-state index contributed by atoms with van der Waals surface area (Å²) in [6.07, 6.45) is 6.94. The van der Waals surface area contributed by atoms with Crippen LogP contribution in [0, 0.1) is 5.41 Å². The van der Waals surface area contributed by atoms with Crippen molar-refractivity contribution >= 4 is 17.7 Å². The first-order valence-electron chi connectivity index (χ1n) is 7.16. The maximum Gasteiger partial charge on any atom is 0.232 e. The molecule has 3 heterocycles. The average molecular weight is 292 g/mol. The highest BCUT2D eigenvalue weighted by Crippen LogP contribution is 2.37. The van der Waals surface area contributed by atoms with E-state index >= 15 is 0 Å². The Hall–Kier alpha value is -1.07. The number of carbonyl (C=O) groups excluding carboxylic acids is 1. The molecule has 1 atom stereocenters. The first-order valence-corrected chi connectivity index (χ1v) is 8.14. The fourth-order valence-corrected chi connectivity index (χ4v) is 3.85. The van der Waals surface area contributed by atoms with Crippen molar-refractivity contribution in [1.29, 1.82) is 0 Å². The maximum absolute atomic E-state index is 12.4. The number of hydrogen-bond acceptors (Lipinski definition) is 4. The number of ether oxygens (including phenoxy) is 1. The van der Waals surface area contributed by atoms with Crippen LogP contribution in [0.15, 0.2) is 29.4 Å². The summed E-state index contributed by atoms with van der Waals surface area (Å²) in [5, 5.41) is 0. The molecule has 0 saturated carbocycles. The molecule has 0 aliphatic carbocycles. The Morgan fingerprint density at radius 2 is 2.25 bits per heavy atom. The monoisotopic (exact) mass is 292 g/mol. The maximum atomic E-state index is 12.4. The van der Waals surface area contributed by atoms with Gasteiger partial charge in [0.2, 0.25) is 5.91 Å². The van der Waals surface area contributed by atoms with E-state index in [1.807, 2.05) is 17.0 Å². The lowest BCUT2D eigenvalue weighted by Crippen LogP contribution is -2.47. The van der Waals surface area contributed by atoms with Gasteiger partial charge in [-0.25, -0.2) is 0 Å². The van der Waals surface area contributed by atoms with Crippen molar-refractivity contribution in [2.45, 2.75) is 24.2 Å². The zero-order valence-corrected chi connectivity index (χ0v) is 12.4. The van der Waals surface area contributed by atoms with E-state index in [2.05, 4.69) is 4.98 Å². The van der Waals surface area contributed by atoms with E-state index in [0.717, 1.165) is 44.0 Å². The summed E-state index contributed by atoms with van der Waals surface area (Å²) in [4.78, 5) is 19.5. The summed E-state index contributed by atoms with van der Waals surface area (Å²) in [6, 6.07) is 3.89. The molecule has 2 saturated heterocycles. The number of thioether (sulfide) groups is 1. The van der Waals surface area contributed by atoms with Crippen LogP contribution in [0.4, 0.5) is 0 Å². The van der Waals surface area contributed by atoms with E-state index in [4.69, 9.17) is 4.74 Å². The van der Waals surface area contributed by atoms with Gasteiger partial charge < -0.3 is 9.64 Å². The Labute approximate surface area is 123 Å². The fourth-order valence-electron chi connectivity index (χ4n) is 3.06. The molecule has 20 heavy (non-hydrogen) atoms. The van der Waals surface area contributed by atoms with Gasteiger partial charge in [0.1, 0.15) is 0 Å². The first kappa shape index (κ1) is 13.9. The number of piperidine rings is 1. The lowest BCUT2D eigenvalue weighted by atomic mass is 9.79. The molecular weight excluding hydrogens is 272 g/mol. The highest BCUT2D eigenvalue weighted by molar-refractivity contribution is 8.00. The van der Waals surface area contributed by atoms with Crippen molar-refractivity contribution < 1.29 is 9.53 Å². The van der Waals surface area contributed by atoms with Crippen LogP contribution in [0.1, 0.15) is 19.3 Å². The van der Waals surface area contributed by atoms with Crippen LogP contribution in [0.2, 0.25) is 0 Å². The SMILES string of the molecule is O=C(CSc1ccncc1)N1CCC[C@]2(CCOC2)C1. The van der Waals surface area contributed by atoms with Gasteiger partial charge in [0.25, 0.3) is 0 Å². The quantitative estimate of drug-likeness (QED) is 0.801. The molecule has 1 spiro atoms. The minimum Gasteiger partial charge on any atom is -0.381 e. The highest BCUT2D eigenvalue weighted by atomic mass is 32.2. The third kappa shape index (κ3) is 3.15. The van der Waals surface area contributed by atoms with Crippen LogP contribution < -0.4 is 0 Å². The number of nitrogens with zero attached hydrogens (tertiary/aromatic N) is 2. The van der Waals surface area contributed by atoms with Gasteiger partial charge in [0.05, 0.1) is 12.4 Å². The van der Waals surface area contributed by atoms with Gasteiger partial charge in [-0.3, -0.25) is 9.78 Å². The van der Waals surface area contributed by atoms with Crippen molar-refractivity contribution in [3.05, 3.63) is 24.5 Å². The Morgan fingerprint density at radius 3 is 3.00 bits per heavy atom. The van der Waals surface area contributed by atoms with Crippen molar-refractivity contribution in [2.75, 3.05) is 32.1 Å². The normalized spacial score (nSPS) is 26.1. The Morgan fingerprint density at radius 1 is 1.40 bits per heavy atom. The largest absolute Gasteiger partial charge is 0.381 e. The molecule has 0 N–H and O–H groups in total. The molecular formula is C15H20N2O2S. The molecule has 3 rings (SSSR count). The minimum atomic E-state index is 0.245. The summed E-state index contributed by atoms with van der Waals surface area (Å²) in [7, 11) is 0. The average Bonchev–Trinajstić information content (AvgIpc) is 2.93. The zero-order valence-electron chi connectivity index (χ0n) is 11.6. The predicted molar refractivity (Wildman–Crippen MR) is 78.6 cm³/mol. The summed E-state index contributed by atoms with van der Waals surface area (Å²) < 4.78 is 5.55. The lowest BCUT2D eigenvalue weighted by Gasteiger charge is -2.39. The van der Waals surface area contributed by atoms with Gasteiger partial charge in [0, 0.05) is 42.4 Å². The van der Waals surface area contributed by atoms with E-state index in [-0.39, 0.29) is 11.3 Å². The molecule has 108 valence electrons. The van der Waals surface area contributed by atoms with Crippen molar-refractivity contribution in [3.63, 3.8) is 0 Å². The molecule has 2 fully saturated rings. The Kier molecular flexibility index (Phi) is 4.27. The van der Waals surface area contributed by atoms with E-state index in [1.54, 1.807) is 24.2 Å². The first-order chi connectivity index (χ1) is 9.77. The topological polar surface area (TPSA) is 42.4 Å². The fraction of sp³-hybridized carbons (Fsp3) is 0.600. The summed E-state index contributed by atoms with van der Waals surface area (Å²) in [6.45, 7) is 3.46. The van der Waals surface area contributed by atoms with Crippen LogP contribution in [0.5, 0.6) is 0 Å². The molecule has 1 aromatic heterocycles. The second-order valence-corrected chi connectivity index (χ2v) is 6.74. The molecule has 0 unspecified atom stereocenters. The Bertz CT molecular complexity index is 460. The number of likely N-dealkylation sites (tertiary alicyclic amines) is 1. The molecule has 2 aliphatic rings. The van der Waals surface area contributed by atoms with Crippen LogP contribution in [0.25, 0.3) is 0 Å². The van der Waals surface area contributed by atoms with Gasteiger partial charge in [-0.2, -0.15) is 0 Å². The van der Waals surface area contributed by atoms with Gasteiger partial charge in [-0.1, -0.05) is 0 Å². The van der Waals surface area contributed by atoms with E-state index in [1.165, 1.54) is 6.42 Å². The number of pyridine rings is 1. The van der Waals surface area contributed by atoms with Gasteiger partial charge in [-0.15, -0.1) is 11.8 Å². The summed E-state index contributed by atoms with van der Waals surface area (Å²) in [5.74, 6) is 0.763. The van der Waals surface area contributed by atoms with Crippen molar-refractivity contribution in [1.82, 2.24) is 9.88 Å².